The van der Waals surface area contributed by atoms with Crippen molar-refractivity contribution in [2.75, 3.05) is 11.9 Å². The van der Waals surface area contributed by atoms with E-state index in [2.05, 4.69) is 15.7 Å². The summed E-state index contributed by atoms with van der Waals surface area (Å²) in [6.07, 6.45) is 8.80. The van der Waals surface area contributed by atoms with Crippen LogP contribution in [0.5, 0.6) is 0 Å². The van der Waals surface area contributed by atoms with Gasteiger partial charge in [-0.1, -0.05) is 19.3 Å². The second-order valence-corrected chi connectivity index (χ2v) is 6.09. The predicted molar refractivity (Wildman–Crippen MR) is 82.2 cm³/mol. The number of carbonyl (C=O) groups excluding carboxylic acids is 1. The monoisotopic (exact) mass is 294 g/mol. The molecule has 2 rings (SSSR count). The Morgan fingerprint density at radius 2 is 2.19 bits per heavy atom. The van der Waals surface area contributed by atoms with Crippen molar-refractivity contribution in [3.05, 3.63) is 12.4 Å². The summed E-state index contributed by atoms with van der Waals surface area (Å²) in [5, 5.41) is 19.5. The van der Waals surface area contributed by atoms with Crippen LogP contribution >= 0.6 is 0 Å². The summed E-state index contributed by atoms with van der Waals surface area (Å²) < 4.78 is 1.80. The zero-order valence-corrected chi connectivity index (χ0v) is 12.9. The number of anilines is 1. The molecule has 1 aromatic heterocycles. The lowest BCUT2D eigenvalue weighted by atomic mass is 9.96. The first-order valence-corrected chi connectivity index (χ1v) is 7.82. The van der Waals surface area contributed by atoms with Crippen molar-refractivity contribution >= 4 is 11.7 Å². The van der Waals surface area contributed by atoms with E-state index in [0.717, 1.165) is 25.7 Å². The van der Waals surface area contributed by atoms with Gasteiger partial charge in [-0.05, 0) is 26.7 Å². The van der Waals surface area contributed by atoms with Gasteiger partial charge < -0.3 is 15.7 Å². The number of nitrogens with one attached hydrogen (secondary N) is 2. The highest BCUT2D eigenvalue weighted by Gasteiger charge is 2.24. The summed E-state index contributed by atoms with van der Waals surface area (Å²) >= 11 is 0. The molecule has 0 aliphatic heterocycles. The number of amides is 2. The molecule has 0 radical (unpaired) electrons. The van der Waals surface area contributed by atoms with E-state index in [1.54, 1.807) is 10.9 Å². The Morgan fingerprint density at radius 1 is 1.43 bits per heavy atom. The number of aromatic nitrogens is 2. The standard InChI is InChI=1S/C15H26N4O2/c1-11(2)19-9-13(8-16-19)17-15(21)18-14-7-5-3-4-6-12(14)10-20/h8-9,11-12,14,20H,3-7,10H2,1-2H3,(H2,17,18,21). The van der Waals surface area contributed by atoms with Gasteiger partial charge in [0, 0.05) is 30.8 Å². The van der Waals surface area contributed by atoms with Gasteiger partial charge in [0.15, 0.2) is 0 Å². The van der Waals surface area contributed by atoms with E-state index >= 15 is 0 Å². The Kier molecular flexibility index (Phi) is 5.61. The molecule has 0 spiro atoms. The maximum Gasteiger partial charge on any atom is 0.319 e. The first-order valence-electron chi connectivity index (χ1n) is 7.82. The molecule has 2 atom stereocenters. The molecule has 0 aromatic carbocycles. The lowest BCUT2D eigenvalue weighted by molar-refractivity contribution is 0.182. The van der Waals surface area contributed by atoms with Gasteiger partial charge in [0.1, 0.15) is 0 Å². The Bertz CT molecular complexity index is 458. The van der Waals surface area contributed by atoms with E-state index in [1.807, 2.05) is 20.0 Å². The Morgan fingerprint density at radius 3 is 2.86 bits per heavy atom. The van der Waals surface area contributed by atoms with E-state index in [9.17, 15) is 9.90 Å². The molecule has 3 N–H and O–H groups in total. The molecule has 1 aliphatic carbocycles. The van der Waals surface area contributed by atoms with E-state index < -0.39 is 0 Å². The number of nitrogens with zero attached hydrogens (tertiary/aromatic N) is 2. The molecule has 1 heterocycles. The van der Waals surface area contributed by atoms with E-state index in [-0.39, 0.29) is 30.6 Å². The molecule has 1 saturated carbocycles. The molecule has 1 aromatic rings. The fourth-order valence-electron chi connectivity index (χ4n) is 2.81. The van der Waals surface area contributed by atoms with Crippen molar-refractivity contribution in [1.82, 2.24) is 15.1 Å². The maximum atomic E-state index is 12.1. The first kappa shape index (κ1) is 15.8. The third-order valence-corrected chi connectivity index (χ3v) is 4.10. The summed E-state index contributed by atoms with van der Waals surface area (Å²) in [4.78, 5) is 12.1. The minimum atomic E-state index is -0.219. The SMILES string of the molecule is CC(C)n1cc(NC(=O)NC2CCCCCC2CO)cn1. The third kappa shape index (κ3) is 4.46. The van der Waals surface area contributed by atoms with Gasteiger partial charge in [0.05, 0.1) is 11.9 Å². The summed E-state index contributed by atoms with van der Waals surface area (Å²) in [7, 11) is 0. The van der Waals surface area contributed by atoms with Crippen molar-refractivity contribution in [3.63, 3.8) is 0 Å². The minimum Gasteiger partial charge on any atom is -0.396 e. The predicted octanol–water partition coefficient (Wildman–Crippen LogP) is 2.53. The summed E-state index contributed by atoms with van der Waals surface area (Å²) in [5.41, 5.74) is 0.690. The second-order valence-electron chi connectivity index (χ2n) is 6.09. The fraction of sp³-hybridized carbons (Fsp3) is 0.733. The maximum absolute atomic E-state index is 12.1. The van der Waals surface area contributed by atoms with Crippen LogP contribution in [0.1, 0.15) is 52.0 Å². The van der Waals surface area contributed by atoms with Crippen LogP contribution < -0.4 is 10.6 Å². The van der Waals surface area contributed by atoms with Gasteiger partial charge in [-0.3, -0.25) is 4.68 Å². The van der Waals surface area contributed by atoms with Crippen LogP contribution in [0.25, 0.3) is 0 Å². The van der Waals surface area contributed by atoms with Crippen LogP contribution in [0.15, 0.2) is 12.4 Å². The average Bonchev–Trinajstić information content (AvgIpc) is 2.79. The first-order chi connectivity index (χ1) is 10.1. The number of aliphatic hydroxyl groups is 1. The zero-order chi connectivity index (χ0) is 15.2. The second kappa shape index (κ2) is 7.45. The normalized spacial score (nSPS) is 22.9. The average molecular weight is 294 g/mol. The molecule has 0 bridgehead atoms. The third-order valence-electron chi connectivity index (χ3n) is 4.10. The molecule has 6 heteroatoms. The Labute approximate surface area is 125 Å². The topological polar surface area (TPSA) is 79.2 Å². The summed E-state index contributed by atoms with van der Waals surface area (Å²) in [6.45, 7) is 4.21. The van der Waals surface area contributed by atoms with Gasteiger partial charge in [0.25, 0.3) is 0 Å². The summed E-state index contributed by atoms with van der Waals surface area (Å²) in [6, 6.07) is 0.102. The van der Waals surface area contributed by atoms with Gasteiger partial charge in [0.2, 0.25) is 0 Å². The van der Waals surface area contributed by atoms with Crippen molar-refractivity contribution in [1.29, 1.82) is 0 Å². The van der Waals surface area contributed by atoms with Gasteiger partial charge in [-0.25, -0.2) is 4.79 Å². The lowest BCUT2D eigenvalue weighted by Gasteiger charge is -2.24. The van der Waals surface area contributed by atoms with Crippen LogP contribution in [0.2, 0.25) is 0 Å². The molecule has 0 saturated heterocycles. The molecule has 1 fully saturated rings. The van der Waals surface area contributed by atoms with Crippen molar-refractivity contribution in [3.8, 4) is 0 Å². The largest absolute Gasteiger partial charge is 0.396 e. The smallest absolute Gasteiger partial charge is 0.319 e. The highest BCUT2D eigenvalue weighted by molar-refractivity contribution is 5.89. The Hall–Kier alpha value is -1.56. The highest BCUT2D eigenvalue weighted by atomic mass is 16.3. The number of hydrogen-bond donors (Lipinski definition) is 3. The number of aliphatic hydroxyl groups excluding tert-OH is 1. The molecule has 21 heavy (non-hydrogen) atoms. The van der Waals surface area contributed by atoms with Gasteiger partial charge in [-0.2, -0.15) is 5.10 Å². The van der Waals surface area contributed by atoms with E-state index in [4.69, 9.17) is 0 Å². The molecule has 2 amide bonds. The molecule has 1 aliphatic rings. The van der Waals surface area contributed by atoms with Gasteiger partial charge in [-0.15, -0.1) is 0 Å². The fourth-order valence-corrected chi connectivity index (χ4v) is 2.81. The highest BCUT2D eigenvalue weighted by Crippen LogP contribution is 2.23. The number of hydrogen-bond acceptors (Lipinski definition) is 3. The van der Waals surface area contributed by atoms with Crippen LogP contribution in [0, 0.1) is 5.92 Å². The molecule has 6 nitrogen and oxygen atoms in total. The van der Waals surface area contributed by atoms with Crippen LogP contribution in [-0.4, -0.2) is 33.6 Å². The Balaban J connectivity index is 1.90. The number of rotatable bonds is 4. The molecular weight excluding hydrogens is 268 g/mol. The lowest BCUT2D eigenvalue weighted by Crippen LogP contribution is -2.43. The zero-order valence-electron chi connectivity index (χ0n) is 12.9. The quantitative estimate of drug-likeness (QED) is 0.747. The van der Waals surface area contributed by atoms with Crippen LogP contribution in [-0.2, 0) is 0 Å². The molecule has 2 unspecified atom stereocenters. The van der Waals surface area contributed by atoms with Crippen molar-refractivity contribution in [2.24, 2.45) is 5.92 Å². The number of carbonyl (C=O) groups is 1. The van der Waals surface area contributed by atoms with E-state index in [0.29, 0.717) is 5.69 Å². The van der Waals surface area contributed by atoms with Gasteiger partial charge >= 0.3 is 6.03 Å². The summed E-state index contributed by atoms with van der Waals surface area (Å²) in [5.74, 6) is 0.164. The minimum absolute atomic E-state index is 0.0534. The van der Waals surface area contributed by atoms with Crippen molar-refractivity contribution in [2.45, 2.75) is 58.0 Å². The van der Waals surface area contributed by atoms with E-state index in [1.165, 1.54) is 6.42 Å². The van der Waals surface area contributed by atoms with Crippen LogP contribution in [0.3, 0.4) is 0 Å². The molecular formula is C15H26N4O2. The van der Waals surface area contributed by atoms with Crippen molar-refractivity contribution < 1.29 is 9.90 Å². The number of urea groups is 1. The van der Waals surface area contributed by atoms with Crippen LogP contribution in [0.4, 0.5) is 10.5 Å². The molecule has 118 valence electrons.